The molecular formula is C13H17F3N2. The van der Waals surface area contributed by atoms with Crippen LogP contribution in [-0.4, -0.2) is 37.8 Å². The van der Waals surface area contributed by atoms with Crippen LogP contribution in [0, 0.1) is 11.6 Å². The lowest BCUT2D eigenvalue weighted by Gasteiger charge is -2.35. The summed E-state index contributed by atoms with van der Waals surface area (Å²) in [4.78, 5) is 2.01. The molecule has 1 aliphatic heterocycles. The first-order valence-electron chi connectivity index (χ1n) is 6.18. The molecule has 1 N–H and O–H groups in total. The summed E-state index contributed by atoms with van der Waals surface area (Å²) in [7, 11) is 0. The number of hydrogen-bond donors (Lipinski definition) is 1. The zero-order valence-electron chi connectivity index (χ0n) is 10.1. The number of nitrogens with zero attached hydrogens (tertiary/aromatic N) is 1. The van der Waals surface area contributed by atoms with Crippen LogP contribution < -0.4 is 5.32 Å². The van der Waals surface area contributed by atoms with Gasteiger partial charge < -0.3 is 5.32 Å². The zero-order chi connectivity index (χ0) is 13.0. The van der Waals surface area contributed by atoms with Gasteiger partial charge in [-0.25, -0.2) is 8.78 Å². The van der Waals surface area contributed by atoms with E-state index in [1.807, 2.05) is 4.90 Å². The molecule has 18 heavy (non-hydrogen) atoms. The molecule has 0 unspecified atom stereocenters. The second kappa shape index (κ2) is 6.20. The monoisotopic (exact) mass is 258 g/mol. The van der Waals surface area contributed by atoms with Gasteiger partial charge in [-0.1, -0.05) is 12.1 Å². The van der Waals surface area contributed by atoms with Crippen molar-refractivity contribution in [1.82, 2.24) is 10.2 Å². The number of benzene rings is 1. The summed E-state index contributed by atoms with van der Waals surface area (Å²) in [6.07, 6.45) is 0.195. The number of rotatable bonds is 4. The summed E-state index contributed by atoms with van der Waals surface area (Å²) in [6, 6.07) is 3.72. The Morgan fingerprint density at radius 1 is 1.22 bits per heavy atom. The number of alkyl halides is 1. The SMILES string of the molecule is FCC[C@H](c1cccc(F)c1F)N1CCNCC1. The zero-order valence-corrected chi connectivity index (χ0v) is 10.1. The Morgan fingerprint density at radius 3 is 2.61 bits per heavy atom. The van der Waals surface area contributed by atoms with Crippen LogP contribution in [0.3, 0.4) is 0 Å². The Morgan fingerprint density at radius 2 is 1.94 bits per heavy atom. The van der Waals surface area contributed by atoms with Crippen LogP contribution >= 0.6 is 0 Å². The summed E-state index contributed by atoms with van der Waals surface area (Å²) in [6.45, 7) is 2.49. The third kappa shape index (κ3) is 2.84. The van der Waals surface area contributed by atoms with Gasteiger partial charge in [-0.15, -0.1) is 0 Å². The molecule has 0 bridgehead atoms. The Bertz CT molecular complexity index is 392. The molecule has 100 valence electrons. The van der Waals surface area contributed by atoms with Gasteiger partial charge in [0.2, 0.25) is 0 Å². The first-order valence-corrected chi connectivity index (χ1v) is 6.18. The maximum absolute atomic E-state index is 13.8. The van der Waals surface area contributed by atoms with E-state index in [0.29, 0.717) is 0 Å². The molecular weight excluding hydrogens is 241 g/mol. The van der Waals surface area contributed by atoms with Crippen molar-refractivity contribution in [2.45, 2.75) is 12.5 Å². The van der Waals surface area contributed by atoms with Gasteiger partial charge in [0.1, 0.15) is 0 Å². The van der Waals surface area contributed by atoms with Crippen molar-refractivity contribution in [2.24, 2.45) is 0 Å². The van der Waals surface area contributed by atoms with E-state index in [1.54, 1.807) is 6.07 Å². The van der Waals surface area contributed by atoms with Crippen molar-refractivity contribution in [3.63, 3.8) is 0 Å². The van der Waals surface area contributed by atoms with Gasteiger partial charge in [-0.2, -0.15) is 0 Å². The fraction of sp³-hybridized carbons (Fsp3) is 0.538. The summed E-state index contributed by atoms with van der Waals surface area (Å²) >= 11 is 0. The molecule has 5 heteroatoms. The van der Waals surface area contributed by atoms with Crippen molar-refractivity contribution in [3.8, 4) is 0 Å². The van der Waals surface area contributed by atoms with E-state index in [4.69, 9.17) is 0 Å². The summed E-state index contributed by atoms with van der Waals surface area (Å²) in [5.74, 6) is -1.72. The largest absolute Gasteiger partial charge is 0.314 e. The van der Waals surface area contributed by atoms with Crippen LogP contribution in [0.2, 0.25) is 0 Å². The minimum atomic E-state index is -0.869. The Balaban J connectivity index is 2.25. The second-order valence-corrected chi connectivity index (χ2v) is 4.42. The van der Waals surface area contributed by atoms with Gasteiger partial charge in [0.15, 0.2) is 11.6 Å². The fourth-order valence-electron chi connectivity index (χ4n) is 2.41. The number of piperazine rings is 1. The highest BCUT2D eigenvalue weighted by Crippen LogP contribution is 2.28. The van der Waals surface area contributed by atoms with Gasteiger partial charge in [0, 0.05) is 37.8 Å². The van der Waals surface area contributed by atoms with E-state index in [0.717, 1.165) is 32.2 Å². The molecule has 0 spiro atoms. The number of nitrogens with one attached hydrogen (secondary N) is 1. The molecule has 2 nitrogen and oxygen atoms in total. The molecule has 1 aromatic carbocycles. The van der Waals surface area contributed by atoms with Crippen LogP contribution in [-0.2, 0) is 0 Å². The van der Waals surface area contributed by atoms with E-state index in [1.165, 1.54) is 6.07 Å². The average molecular weight is 258 g/mol. The van der Waals surface area contributed by atoms with Crippen molar-refractivity contribution in [2.75, 3.05) is 32.9 Å². The first-order chi connectivity index (χ1) is 8.74. The van der Waals surface area contributed by atoms with Crippen LogP contribution in [0.5, 0.6) is 0 Å². The quantitative estimate of drug-likeness (QED) is 0.891. The minimum Gasteiger partial charge on any atom is -0.314 e. The lowest BCUT2D eigenvalue weighted by atomic mass is 10.0. The van der Waals surface area contributed by atoms with Crippen LogP contribution in [0.4, 0.5) is 13.2 Å². The van der Waals surface area contributed by atoms with E-state index >= 15 is 0 Å². The molecule has 0 radical (unpaired) electrons. The second-order valence-electron chi connectivity index (χ2n) is 4.42. The molecule has 2 rings (SSSR count). The van der Waals surface area contributed by atoms with Gasteiger partial charge in [-0.05, 0) is 12.5 Å². The Kier molecular flexibility index (Phi) is 4.60. The minimum absolute atomic E-state index is 0.195. The Labute approximate surface area is 105 Å². The maximum Gasteiger partial charge on any atom is 0.163 e. The number of hydrogen-bond acceptors (Lipinski definition) is 2. The molecule has 1 saturated heterocycles. The van der Waals surface area contributed by atoms with E-state index in [2.05, 4.69) is 5.32 Å². The van der Waals surface area contributed by atoms with Crippen LogP contribution in [0.25, 0.3) is 0 Å². The van der Waals surface area contributed by atoms with Gasteiger partial charge in [0.05, 0.1) is 6.67 Å². The molecule has 0 saturated carbocycles. The molecule has 0 aliphatic carbocycles. The highest BCUT2D eigenvalue weighted by atomic mass is 19.2. The Hall–Kier alpha value is -1.07. The van der Waals surface area contributed by atoms with E-state index in [9.17, 15) is 13.2 Å². The van der Waals surface area contributed by atoms with Crippen LogP contribution in [0.15, 0.2) is 18.2 Å². The normalized spacial score (nSPS) is 18.8. The van der Waals surface area contributed by atoms with E-state index < -0.39 is 18.3 Å². The molecule has 1 aromatic rings. The highest BCUT2D eigenvalue weighted by Gasteiger charge is 2.25. The lowest BCUT2D eigenvalue weighted by Crippen LogP contribution is -2.45. The summed E-state index contributed by atoms with van der Waals surface area (Å²) < 4.78 is 39.7. The smallest absolute Gasteiger partial charge is 0.163 e. The first kappa shape index (κ1) is 13.4. The summed E-state index contributed by atoms with van der Waals surface area (Å²) in [5.41, 5.74) is 0.259. The number of halogens is 3. The van der Waals surface area contributed by atoms with Crippen LogP contribution in [0.1, 0.15) is 18.0 Å². The molecule has 1 fully saturated rings. The highest BCUT2D eigenvalue weighted by molar-refractivity contribution is 5.23. The standard InChI is InChI=1S/C13H17F3N2/c14-5-4-12(18-8-6-17-7-9-18)10-2-1-3-11(15)13(10)16/h1-3,12,17H,4-9H2/t12-/m1/s1. The van der Waals surface area contributed by atoms with Gasteiger partial charge in [0.25, 0.3) is 0 Å². The molecule has 0 aromatic heterocycles. The molecule has 0 amide bonds. The maximum atomic E-state index is 13.8. The predicted octanol–water partition coefficient (Wildman–Crippen LogP) is 2.27. The topological polar surface area (TPSA) is 15.3 Å². The molecule has 1 heterocycles. The van der Waals surface area contributed by atoms with Crippen molar-refractivity contribution in [3.05, 3.63) is 35.4 Å². The average Bonchev–Trinajstić information content (AvgIpc) is 2.41. The third-order valence-corrected chi connectivity index (χ3v) is 3.32. The third-order valence-electron chi connectivity index (χ3n) is 3.32. The fourth-order valence-corrected chi connectivity index (χ4v) is 2.41. The lowest BCUT2D eigenvalue weighted by molar-refractivity contribution is 0.153. The summed E-state index contributed by atoms with van der Waals surface area (Å²) in [5, 5.41) is 3.19. The van der Waals surface area contributed by atoms with E-state index in [-0.39, 0.29) is 18.0 Å². The van der Waals surface area contributed by atoms with Gasteiger partial charge >= 0.3 is 0 Å². The molecule has 1 atom stereocenters. The predicted molar refractivity (Wildman–Crippen MR) is 64.1 cm³/mol. The van der Waals surface area contributed by atoms with Crippen molar-refractivity contribution >= 4 is 0 Å². The van der Waals surface area contributed by atoms with Gasteiger partial charge in [-0.3, -0.25) is 9.29 Å². The van der Waals surface area contributed by atoms with Crippen molar-refractivity contribution < 1.29 is 13.2 Å². The van der Waals surface area contributed by atoms with Crippen molar-refractivity contribution in [1.29, 1.82) is 0 Å². The molecule has 1 aliphatic rings.